The maximum Gasteiger partial charge on any atom is 0.133 e. The Kier molecular flexibility index (Phi) is 7.14. The maximum atomic E-state index is 7.67. The first kappa shape index (κ1) is 22.4. The summed E-state index contributed by atoms with van der Waals surface area (Å²) < 4.78 is 32.0. The molecule has 1 aliphatic heterocycles. The predicted octanol–water partition coefficient (Wildman–Crippen LogP) is 6.27. The molecule has 1 aliphatic carbocycles. The molecule has 32 heavy (non-hydrogen) atoms. The first-order valence-corrected chi connectivity index (χ1v) is 12.2. The fraction of sp³-hybridized carbons (Fsp3) is 0.462. The Bertz CT molecular complexity index is 953. The Hall–Kier alpha value is -1.44. The van der Waals surface area contributed by atoms with Crippen LogP contribution in [0.3, 0.4) is 0 Å². The minimum atomic E-state index is -0.580. The number of benzene rings is 2. The molecular formula is C26H34O4P2. The van der Waals surface area contributed by atoms with Gasteiger partial charge in [-0.1, -0.05) is 61.9 Å². The van der Waals surface area contributed by atoms with Crippen molar-refractivity contribution in [2.45, 2.75) is 69.9 Å². The second-order valence-corrected chi connectivity index (χ2v) is 9.70. The zero-order valence-electron chi connectivity index (χ0n) is 20.0. The molecule has 0 spiro atoms. The van der Waals surface area contributed by atoms with Gasteiger partial charge in [0.2, 0.25) is 0 Å². The number of fused-ring (bicyclic) bond motifs is 3. The number of ether oxygens (including phenoxy) is 2. The van der Waals surface area contributed by atoms with E-state index in [9.17, 15) is 0 Å². The first-order chi connectivity index (χ1) is 16.0. The molecule has 7 atom stereocenters. The summed E-state index contributed by atoms with van der Waals surface area (Å²) >= 11 is 0. The fourth-order valence-corrected chi connectivity index (χ4v) is 5.73. The van der Waals surface area contributed by atoms with Gasteiger partial charge < -0.3 is 18.5 Å². The number of aryl methyl sites for hydroxylation is 1. The monoisotopic (exact) mass is 474 g/mol. The molecule has 1 saturated carbocycles. The smallest absolute Gasteiger partial charge is 0.133 e. The quantitative estimate of drug-likeness (QED) is 0.301. The van der Waals surface area contributed by atoms with Gasteiger partial charge in [0.15, 0.2) is 0 Å². The zero-order chi connectivity index (χ0) is 23.4. The summed E-state index contributed by atoms with van der Waals surface area (Å²) in [5, 5.41) is 0. The molecule has 4 nitrogen and oxygen atoms in total. The molecule has 0 aromatic heterocycles. The Labute approximate surface area is 197 Å². The van der Waals surface area contributed by atoms with E-state index in [4.69, 9.17) is 19.8 Å². The first-order valence-electron chi connectivity index (χ1n) is 11.9. The number of rotatable bonds is 10. The lowest BCUT2D eigenvalue weighted by Crippen LogP contribution is -2.41. The highest BCUT2D eigenvalue weighted by molar-refractivity contribution is 7.10. The summed E-state index contributed by atoms with van der Waals surface area (Å²) in [6.45, 7) is 6.25. The molecule has 1 fully saturated rings. The third-order valence-electron chi connectivity index (χ3n) is 6.60. The van der Waals surface area contributed by atoms with Gasteiger partial charge in [0.1, 0.15) is 29.3 Å². The van der Waals surface area contributed by atoms with Crippen LogP contribution in [0.5, 0.6) is 11.5 Å². The molecule has 0 bridgehead atoms. The molecule has 2 aromatic rings. The summed E-state index contributed by atoms with van der Waals surface area (Å²) in [6, 6.07) is 16.3. The van der Waals surface area contributed by atoms with Gasteiger partial charge >= 0.3 is 0 Å². The third-order valence-corrected chi connectivity index (χ3v) is 7.20. The molecule has 1 heterocycles. The van der Waals surface area contributed by atoms with Crippen LogP contribution in [0.15, 0.2) is 60.7 Å². The van der Waals surface area contributed by atoms with E-state index in [2.05, 4.69) is 46.7 Å². The van der Waals surface area contributed by atoms with E-state index in [1.165, 1.54) is 11.1 Å². The van der Waals surface area contributed by atoms with E-state index in [0.717, 1.165) is 30.8 Å². The topological polar surface area (TPSA) is 36.9 Å². The van der Waals surface area contributed by atoms with Gasteiger partial charge in [-0.2, -0.15) is 0 Å². The number of para-hydroxylation sites is 2. The molecule has 2 aliphatic rings. The van der Waals surface area contributed by atoms with Gasteiger partial charge in [-0.15, -0.1) is 0 Å². The van der Waals surface area contributed by atoms with Crippen molar-refractivity contribution in [3.05, 3.63) is 71.8 Å². The van der Waals surface area contributed by atoms with E-state index in [-0.39, 0.29) is 39.6 Å². The van der Waals surface area contributed by atoms with Crippen LogP contribution in [0.2, 0.25) is 0 Å². The molecule has 0 amide bonds. The Balaban J connectivity index is 1.59. The predicted molar refractivity (Wildman–Crippen MR) is 135 cm³/mol. The summed E-state index contributed by atoms with van der Waals surface area (Å²) in [5.41, 5.74) is 1.97. The van der Waals surface area contributed by atoms with Gasteiger partial charge in [0.05, 0.1) is 7.38 Å². The third kappa shape index (κ3) is 4.75. The normalized spacial score (nSPS) is 26.2. The molecule has 4 rings (SSSR count). The van der Waals surface area contributed by atoms with Gasteiger partial charge in [-0.05, 0) is 38.0 Å². The summed E-state index contributed by atoms with van der Waals surface area (Å²) in [5.74, 6) is 2.20. The van der Waals surface area contributed by atoms with Crippen LogP contribution >= 0.6 is 18.9 Å². The zero-order valence-corrected chi connectivity index (χ0v) is 21.1. The summed E-state index contributed by atoms with van der Waals surface area (Å²) in [7, 11) is 2.08. The maximum absolute atomic E-state index is 7.67. The summed E-state index contributed by atoms with van der Waals surface area (Å²) in [6.07, 6.45) is 6.94. The SMILES string of the molecule is [3H]PO[C@@H]1C[C@@H]2Oc3c(CCC)cccc3[C@@H]2[C@H]1/C=C/[C@H](OP)C(C)(C)Oc1ccccc1. The van der Waals surface area contributed by atoms with Crippen molar-refractivity contribution in [1.29, 1.82) is 1.28 Å². The van der Waals surface area contributed by atoms with Crippen molar-refractivity contribution in [3.8, 4) is 11.5 Å². The lowest BCUT2D eigenvalue weighted by molar-refractivity contribution is 0.0203. The molecule has 0 radical (unpaired) electrons. The highest BCUT2D eigenvalue weighted by Crippen LogP contribution is 2.53. The second-order valence-electron chi connectivity index (χ2n) is 9.20. The van der Waals surface area contributed by atoms with Gasteiger partial charge in [-0.25, -0.2) is 0 Å². The molecule has 6 heteroatoms. The van der Waals surface area contributed by atoms with E-state index >= 15 is 0 Å². The van der Waals surface area contributed by atoms with Crippen LogP contribution < -0.4 is 9.47 Å². The highest BCUT2D eigenvalue weighted by Gasteiger charge is 2.50. The molecule has 172 valence electrons. The summed E-state index contributed by atoms with van der Waals surface area (Å²) in [4.78, 5) is 0. The molecule has 0 saturated heterocycles. The molecule has 2 aromatic carbocycles. The number of hydrogen-bond acceptors (Lipinski definition) is 4. The highest BCUT2D eigenvalue weighted by atomic mass is 31.0. The fourth-order valence-electron chi connectivity index (χ4n) is 5.06. The van der Waals surface area contributed by atoms with Crippen LogP contribution in [0.25, 0.3) is 0 Å². The van der Waals surface area contributed by atoms with E-state index in [0.29, 0.717) is 0 Å². The van der Waals surface area contributed by atoms with Crippen LogP contribution in [0.4, 0.5) is 0 Å². The van der Waals surface area contributed by atoms with Crippen LogP contribution in [0, 0.1) is 5.92 Å². The van der Waals surface area contributed by atoms with E-state index < -0.39 is 5.60 Å². The standard InChI is InChI=1S/C26H34O4P2/c1-4-9-17-10-8-13-20-24-19(21(29-31)16-22(24)27-25(17)20)14-15-23(30-32)26(2,3)28-18-11-6-5-7-12-18/h5-8,10-15,19,21-24H,4,9,16,31-32H2,1-3H3/b15-14+/t19-,21+,22-,23-,24-/m0/s1/i31T/t19-,21+,22-,23-,24-,31?. The van der Waals surface area contributed by atoms with Crippen molar-refractivity contribution in [1.82, 2.24) is 0 Å². The van der Waals surface area contributed by atoms with Crippen molar-refractivity contribution in [2.75, 3.05) is 0 Å². The second kappa shape index (κ2) is 10.2. The Morgan fingerprint density at radius 2 is 2.03 bits per heavy atom. The van der Waals surface area contributed by atoms with Crippen LogP contribution in [-0.2, 0) is 15.5 Å². The van der Waals surface area contributed by atoms with Crippen molar-refractivity contribution in [3.63, 3.8) is 0 Å². The van der Waals surface area contributed by atoms with Crippen molar-refractivity contribution >= 4 is 18.9 Å². The van der Waals surface area contributed by atoms with Gasteiger partial charge in [-0.3, -0.25) is 0 Å². The van der Waals surface area contributed by atoms with Crippen molar-refractivity contribution < 1.29 is 18.5 Å². The average Bonchev–Trinajstić information content (AvgIpc) is 3.32. The number of hydrogen-bond donors (Lipinski definition) is 0. The Morgan fingerprint density at radius 3 is 2.75 bits per heavy atom. The van der Waals surface area contributed by atoms with E-state index in [1.54, 1.807) is 0 Å². The largest absolute Gasteiger partial charge is 0.489 e. The minimum Gasteiger partial charge on any atom is -0.489 e. The lowest BCUT2D eigenvalue weighted by atomic mass is 9.86. The lowest BCUT2D eigenvalue weighted by Gasteiger charge is -2.32. The van der Waals surface area contributed by atoms with Gasteiger partial charge in [0.25, 0.3) is 0 Å². The average molecular weight is 475 g/mol. The molecule has 2 unspecified atom stereocenters. The minimum absolute atomic E-state index is 0.0432. The van der Waals surface area contributed by atoms with Gasteiger partial charge in [0, 0.05) is 42.7 Å². The molecule has 0 N–H and O–H groups in total. The van der Waals surface area contributed by atoms with Crippen LogP contribution in [0.1, 0.15) is 50.7 Å². The Morgan fingerprint density at radius 1 is 1.22 bits per heavy atom. The molecular weight excluding hydrogens is 438 g/mol. The van der Waals surface area contributed by atoms with E-state index in [1.807, 2.05) is 44.2 Å². The van der Waals surface area contributed by atoms with Crippen molar-refractivity contribution in [2.24, 2.45) is 5.92 Å². The van der Waals surface area contributed by atoms with Crippen LogP contribution in [-0.4, -0.2) is 25.2 Å².